The molecular formula is C18H22N2O5. The fourth-order valence-electron chi connectivity index (χ4n) is 2.66. The molecule has 0 aromatic heterocycles. The fourth-order valence-corrected chi connectivity index (χ4v) is 2.66. The van der Waals surface area contributed by atoms with E-state index >= 15 is 0 Å². The monoisotopic (exact) mass is 346 g/mol. The molecule has 0 atom stereocenters. The highest BCUT2D eigenvalue weighted by Gasteiger charge is 2.52. The summed E-state index contributed by atoms with van der Waals surface area (Å²) < 4.78 is 16.0. The lowest BCUT2D eigenvalue weighted by Gasteiger charge is -2.25. The minimum Gasteiger partial charge on any atom is -0.444 e. The Hall–Kier alpha value is -2.56. The van der Waals surface area contributed by atoms with Gasteiger partial charge in [0.05, 0.1) is 12.2 Å². The van der Waals surface area contributed by atoms with E-state index in [1.54, 1.807) is 39.0 Å². The number of methoxy groups -OCH3 is 2. The number of rotatable bonds is 4. The van der Waals surface area contributed by atoms with Crippen molar-refractivity contribution in [3.05, 3.63) is 23.8 Å². The summed E-state index contributed by atoms with van der Waals surface area (Å²) in [6, 6.07) is 4.94. The van der Waals surface area contributed by atoms with Crippen molar-refractivity contribution in [2.45, 2.75) is 32.2 Å². The Morgan fingerprint density at radius 3 is 2.48 bits per heavy atom. The maximum Gasteiger partial charge on any atom is 0.412 e. The molecule has 2 rings (SSSR count). The second-order valence-electron chi connectivity index (χ2n) is 6.48. The molecule has 1 aromatic rings. The second-order valence-corrected chi connectivity index (χ2v) is 6.48. The number of amides is 2. The van der Waals surface area contributed by atoms with Crippen molar-refractivity contribution in [2.24, 2.45) is 0 Å². The van der Waals surface area contributed by atoms with E-state index in [1.807, 2.05) is 0 Å². The van der Waals surface area contributed by atoms with Gasteiger partial charge in [0.15, 0.2) is 0 Å². The first-order chi connectivity index (χ1) is 11.7. The Morgan fingerprint density at radius 1 is 1.32 bits per heavy atom. The number of carbonyl (C=O) groups excluding carboxylic acids is 2. The van der Waals surface area contributed by atoms with Gasteiger partial charge in [-0.25, -0.2) is 4.79 Å². The molecule has 0 saturated carbocycles. The molecular weight excluding hydrogens is 324 g/mol. The number of ether oxygens (including phenoxy) is 3. The van der Waals surface area contributed by atoms with Crippen LogP contribution in [0.2, 0.25) is 0 Å². The molecule has 1 heterocycles. The van der Waals surface area contributed by atoms with Gasteiger partial charge in [-0.05, 0) is 39.0 Å². The average Bonchev–Trinajstić information content (AvgIpc) is 2.75. The van der Waals surface area contributed by atoms with Gasteiger partial charge >= 0.3 is 6.09 Å². The predicted molar refractivity (Wildman–Crippen MR) is 93.2 cm³/mol. The van der Waals surface area contributed by atoms with Crippen LogP contribution in [-0.4, -0.2) is 38.4 Å². The number of fused-ring (bicyclic) bond motifs is 1. The molecule has 7 nitrogen and oxygen atoms in total. The third-order valence-electron chi connectivity index (χ3n) is 3.64. The van der Waals surface area contributed by atoms with Crippen LogP contribution in [0.1, 0.15) is 26.3 Å². The number of benzene rings is 1. The fraction of sp³-hybridized carbons (Fsp3) is 0.444. The number of terminal acetylenes is 1. The topological polar surface area (TPSA) is 77.1 Å². The van der Waals surface area contributed by atoms with E-state index < -0.39 is 23.4 Å². The first kappa shape index (κ1) is 18.8. The normalized spacial score (nSPS) is 15.5. The molecule has 0 bridgehead atoms. The Kier molecular flexibility index (Phi) is 5.07. The van der Waals surface area contributed by atoms with E-state index in [1.165, 1.54) is 19.1 Å². The molecule has 1 aliphatic heterocycles. The van der Waals surface area contributed by atoms with E-state index in [0.717, 1.165) is 0 Å². The van der Waals surface area contributed by atoms with Gasteiger partial charge < -0.3 is 14.2 Å². The lowest BCUT2D eigenvalue weighted by Crippen LogP contribution is -2.43. The van der Waals surface area contributed by atoms with Crippen molar-refractivity contribution in [2.75, 3.05) is 31.0 Å². The maximum absolute atomic E-state index is 12.7. The smallest absolute Gasteiger partial charge is 0.412 e. The van der Waals surface area contributed by atoms with Crippen LogP contribution in [0.5, 0.6) is 0 Å². The summed E-state index contributed by atoms with van der Waals surface area (Å²) in [5.74, 6) is 0.428. The zero-order valence-corrected chi connectivity index (χ0v) is 15.0. The number of carbonyl (C=O) groups is 2. The molecule has 0 spiro atoms. The highest BCUT2D eigenvalue weighted by molar-refractivity contribution is 6.07. The summed E-state index contributed by atoms with van der Waals surface area (Å²) in [5, 5.41) is 2.63. The highest BCUT2D eigenvalue weighted by atomic mass is 16.7. The highest BCUT2D eigenvalue weighted by Crippen LogP contribution is 2.44. The maximum atomic E-state index is 12.7. The lowest BCUT2D eigenvalue weighted by molar-refractivity contribution is -0.209. The van der Waals surface area contributed by atoms with Crippen LogP contribution in [0.25, 0.3) is 0 Å². The molecule has 1 aliphatic rings. The first-order valence-corrected chi connectivity index (χ1v) is 7.68. The number of hydrogen-bond acceptors (Lipinski definition) is 5. The van der Waals surface area contributed by atoms with Crippen molar-refractivity contribution in [1.82, 2.24) is 0 Å². The SMILES string of the molecule is C#CCN1C(=O)C(OC)(OC)c2cc(NC(=O)OC(C)(C)C)ccc21. The van der Waals surface area contributed by atoms with Gasteiger partial charge in [-0.3, -0.25) is 15.0 Å². The summed E-state index contributed by atoms with van der Waals surface area (Å²) in [5.41, 5.74) is 0.859. The molecule has 0 radical (unpaired) electrons. The van der Waals surface area contributed by atoms with E-state index in [4.69, 9.17) is 20.6 Å². The first-order valence-electron chi connectivity index (χ1n) is 7.68. The molecule has 0 fully saturated rings. The zero-order chi connectivity index (χ0) is 18.8. The Bertz CT molecular complexity index is 726. The lowest BCUT2D eigenvalue weighted by atomic mass is 10.1. The second kappa shape index (κ2) is 6.75. The molecule has 2 amide bonds. The number of hydrogen-bond donors (Lipinski definition) is 1. The van der Waals surface area contributed by atoms with Crippen molar-refractivity contribution in [3.8, 4) is 12.3 Å². The molecule has 0 saturated heterocycles. The molecule has 1 N–H and O–H groups in total. The van der Waals surface area contributed by atoms with Crippen LogP contribution in [-0.2, 0) is 24.8 Å². The van der Waals surface area contributed by atoms with Crippen LogP contribution in [0.4, 0.5) is 16.2 Å². The summed E-state index contributed by atoms with van der Waals surface area (Å²) in [7, 11) is 2.75. The van der Waals surface area contributed by atoms with Gasteiger partial charge in [-0.1, -0.05) is 5.92 Å². The summed E-state index contributed by atoms with van der Waals surface area (Å²) in [6.07, 6.45) is 4.76. The predicted octanol–water partition coefficient (Wildman–Crippen LogP) is 2.46. The quantitative estimate of drug-likeness (QED) is 0.669. The molecule has 7 heteroatoms. The third-order valence-corrected chi connectivity index (χ3v) is 3.64. The van der Waals surface area contributed by atoms with Crippen LogP contribution in [0.15, 0.2) is 18.2 Å². The van der Waals surface area contributed by atoms with Gasteiger partial charge in [-0.15, -0.1) is 6.42 Å². The van der Waals surface area contributed by atoms with E-state index in [2.05, 4.69) is 11.2 Å². The van der Waals surface area contributed by atoms with E-state index in [9.17, 15) is 9.59 Å². The van der Waals surface area contributed by atoms with Crippen molar-refractivity contribution >= 4 is 23.4 Å². The van der Waals surface area contributed by atoms with Crippen LogP contribution in [0.3, 0.4) is 0 Å². The number of anilines is 2. The zero-order valence-electron chi connectivity index (χ0n) is 15.0. The summed E-state index contributed by atoms with van der Waals surface area (Å²) >= 11 is 0. The van der Waals surface area contributed by atoms with Gasteiger partial charge in [0.2, 0.25) is 0 Å². The minimum absolute atomic E-state index is 0.0825. The summed E-state index contributed by atoms with van der Waals surface area (Å²) in [4.78, 5) is 26.1. The molecule has 25 heavy (non-hydrogen) atoms. The van der Waals surface area contributed by atoms with Crippen molar-refractivity contribution in [1.29, 1.82) is 0 Å². The Balaban J connectivity index is 2.40. The Labute approximate surface area is 147 Å². The average molecular weight is 346 g/mol. The molecule has 1 aromatic carbocycles. The van der Waals surface area contributed by atoms with Crippen molar-refractivity contribution in [3.63, 3.8) is 0 Å². The van der Waals surface area contributed by atoms with E-state index in [0.29, 0.717) is 16.9 Å². The van der Waals surface area contributed by atoms with Crippen LogP contribution >= 0.6 is 0 Å². The summed E-state index contributed by atoms with van der Waals surface area (Å²) in [6.45, 7) is 5.39. The number of nitrogens with one attached hydrogen (secondary N) is 1. The van der Waals surface area contributed by atoms with Crippen LogP contribution < -0.4 is 10.2 Å². The van der Waals surface area contributed by atoms with E-state index in [-0.39, 0.29) is 6.54 Å². The number of nitrogens with zero attached hydrogens (tertiary/aromatic N) is 1. The Morgan fingerprint density at radius 2 is 1.96 bits per heavy atom. The van der Waals surface area contributed by atoms with Gasteiger partial charge in [0.1, 0.15) is 5.60 Å². The molecule has 134 valence electrons. The standard InChI is InChI=1S/C18H22N2O5/c1-7-10-20-14-9-8-12(19-16(22)25-17(2,3)4)11-13(14)18(23-5,24-6)15(20)21/h1,8-9,11H,10H2,2-6H3,(H,19,22). The minimum atomic E-state index is -1.60. The van der Waals surface area contributed by atoms with Crippen molar-refractivity contribution < 1.29 is 23.8 Å². The van der Waals surface area contributed by atoms with Gasteiger partial charge in [-0.2, -0.15) is 0 Å². The van der Waals surface area contributed by atoms with Gasteiger partial charge in [0, 0.05) is 25.5 Å². The largest absolute Gasteiger partial charge is 0.444 e. The molecule has 0 unspecified atom stereocenters. The molecule has 0 aliphatic carbocycles. The van der Waals surface area contributed by atoms with Gasteiger partial charge in [0.25, 0.3) is 11.7 Å². The van der Waals surface area contributed by atoms with Crippen LogP contribution in [0, 0.1) is 12.3 Å². The third kappa shape index (κ3) is 3.45.